The molecule has 0 saturated heterocycles. The van der Waals surface area contributed by atoms with Crippen molar-refractivity contribution in [1.82, 2.24) is 14.8 Å². The van der Waals surface area contributed by atoms with Crippen molar-refractivity contribution in [3.63, 3.8) is 0 Å². The molecule has 7 heteroatoms. The SMILES string of the molecule is CNc1ccc(-c2nc(-c3cccc(Cl)c3)nn2CCC(N)=O)cc1. The van der Waals surface area contributed by atoms with Crippen molar-refractivity contribution in [2.24, 2.45) is 5.73 Å². The van der Waals surface area contributed by atoms with E-state index in [0.717, 1.165) is 16.8 Å². The van der Waals surface area contributed by atoms with Gasteiger partial charge in [-0.1, -0.05) is 23.7 Å². The molecule has 0 aliphatic carbocycles. The maximum absolute atomic E-state index is 11.2. The summed E-state index contributed by atoms with van der Waals surface area (Å²) in [4.78, 5) is 15.8. The Balaban J connectivity index is 2.03. The topological polar surface area (TPSA) is 85.8 Å². The summed E-state index contributed by atoms with van der Waals surface area (Å²) in [6.45, 7) is 0.367. The zero-order chi connectivity index (χ0) is 17.8. The first-order valence-electron chi connectivity index (χ1n) is 7.84. The van der Waals surface area contributed by atoms with Gasteiger partial charge in [0.05, 0.1) is 6.54 Å². The molecule has 1 heterocycles. The van der Waals surface area contributed by atoms with Crippen LogP contribution in [0.4, 0.5) is 5.69 Å². The molecule has 3 aromatic rings. The van der Waals surface area contributed by atoms with Crippen LogP contribution in [0.25, 0.3) is 22.8 Å². The Morgan fingerprint density at radius 2 is 1.96 bits per heavy atom. The minimum absolute atomic E-state index is 0.194. The van der Waals surface area contributed by atoms with Crippen LogP contribution in [0.5, 0.6) is 0 Å². The van der Waals surface area contributed by atoms with E-state index in [-0.39, 0.29) is 12.3 Å². The van der Waals surface area contributed by atoms with Gasteiger partial charge >= 0.3 is 0 Å². The minimum atomic E-state index is -0.378. The highest BCUT2D eigenvalue weighted by atomic mass is 35.5. The zero-order valence-electron chi connectivity index (χ0n) is 13.7. The molecule has 0 aliphatic rings. The molecule has 2 aromatic carbocycles. The number of anilines is 1. The van der Waals surface area contributed by atoms with Crippen molar-refractivity contribution >= 4 is 23.2 Å². The van der Waals surface area contributed by atoms with Crippen LogP contribution in [-0.2, 0) is 11.3 Å². The number of primary amides is 1. The number of nitrogens with zero attached hydrogens (tertiary/aromatic N) is 3. The minimum Gasteiger partial charge on any atom is -0.388 e. The van der Waals surface area contributed by atoms with Gasteiger partial charge in [-0.3, -0.25) is 4.79 Å². The molecule has 1 amide bonds. The molecule has 1 aromatic heterocycles. The van der Waals surface area contributed by atoms with Crippen molar-refractivity contribution in [1.29, 1.82) is 0 Å². The van der Waals surface area contributed by atoms with E-state index in [0.29, 0.717) is 23.2 Å². The molecule has 0 radical (unpaired) electrons. The molecule has 0 bridgehead atoms. The summed E-state index contributed by atoms with van der Waals surface area (Å²) in [7, 11) is 1.86. The Bertz CT molecular complexity index is 889. The summed E-state index contributed by atoms with van der Waals surface area (Å²) < 4.78 is 1.70. The number of hydrogen-bond acceptors (Lipinski definition) is 4. The number of amides is 1. The van der Waals surface area contributed by atoms with Crippen LogP contribution in [0.15, 0.2) is 48.5 Å². The standard InChI is InChI=1S/C18H18ClN5O/c1-21-15-7-5-12(6-8-15)18-22-17(13-3-2-4-14(19)11-13)23-24(18)10-9-16(20)25/h2-8,11,21H,9-10H2,1H3,(H2,20,25). The number of aryl methyl sites for hydroxylation is 1. The first kappa shape index (κ1) is 17.0. The highest BCUT2D eigenvalue weighted by molar-refractivity contribution is 6.30. The Morgan fingerprint density at radius 3 is 2.60 bits per heavy atom. The number of aromatic nitrogens is 3. The number of benzene rings is 2. The van der Waals surface area contributed by atoms with Crippen LogP contribution in [0.3, 0.4) is 0 Å². The van der Waals surface area contributed by atoms with Gasteiger partial charge in [0.15, 0.2) is 11.6 Å². The molecule has 128 valence electrons. The van der Waals surface area contributed by atoms with Crippen molar-refractivity contribution in [2.75, 3.05) is 12.4 Å². The number of nitrogens with two attached hydrogens (primary N) is 1. The molecular formula is C18H18ClN5O. The fraction of sp³-hybridized carbons (Fsp3) is 0.167. The van der Waals surface area contributed by atoms with Gasteiger partial charge in [-0.05, 0) is 36.4 Å². The average Bonchev–Trinajstić information content (AvgIpc) is 3.04. The van der Waals surface area contributed by atoms with Gasteiger partial charge in [-0.25, -0.2) is 9.67 Å². The van der Waals surface area contributed by atoms with E-state index in [2.05, 4.69) is 15.4 Å². The van der Waals surface area contributed by atoms with Gasteiger partial charge < -0.3 is 11.1 Å². The Hall–Kier alpha value is -2.86. The lowest BCUT2D eigenvalue weighted by Crippen LogP contribution is -2.15. The van der Waals surface area contributed by atoms with Crippen molar-refractivity contribution in [3.8, 4) is 22.8 Å². The zero-order valence-corrected chi connectivity index (χ0v) is 14.5. The summed E-state index contributed by atoms with van der Waals surface area (Å²) in [5, 5.41) is 8.23. The van der Waals surface area contributed by atoms with Crippen molar-refractivity contribution < 1.29 is 4.79 Å². The Labute approximate surface area is 150 Å². The van der Waals surface area contributed by atoms with E-state index in [4.69, 9.17) is 17.3 Å². The summed E-state index contributed by atoms with van der Waals surface area (Å²) in [5.41, 5.74) is 8.01. The molecule has 6 nitrogen and oxygen atoms in total. The monoisotopic (exact) mass is 355 g/mol. The van der Waals surface area contributed by atoms with Crippen LogP contribution in [0, 0.1) is 0 Å². The Kier molecular flexibility index (Phi) is 5.00. The second-order valence-corrected chi connectivity index (χ2v) is 5.97. The molecule has 0 saturated carbocycles. The third-order valence-corrected chi connectivity index (χ3v) is 3.99. The van der Waals surface area contributed by atoms with Crippen molar-refractivity contribution in [3.05, 3.63) is 53.6 Å². The molecular weight excluding hydrogens is 338 g/mol. The molecule has 0 atom stereocenters. The summed E-state index contributed by atoms with van der Waals surface area (Å²) in [6, 6.07) is 15.2. The van der Waals surface area contributed by atoms with E-state index in [1.165, 1.54) is 0 Å². The lowest BCUT2D eigenvalue weighted by Gasteiger charge is -2.05. The van der Waals surface area contributed by atoms with Gasteiger partial charge in [0.2, 0.25) is 5.91 Å². The van der Waals surface area contributed by atoms with Crippen LogP contribution in [0.1, 0.15) is 6.42 Å². The lowest BCUT2D eigenvalue weighted by atomic mass is 10.2. The summed E-state index contributed by atoms with van der Waals surface area (Å²) in [6.07, 6.45) is 0.194. The quantitative estimate of drug-likeness (QED) is 0.711. The normalized spacial score (nSPS) is 10.6. The van der Waals surface area contributed by atoms with E-state index in [1.807, 2.05) is 49.5 Å². The predicted molar refractivity (Wildman–Crippen MR) is 99.3 cm³/mol. The van der Waals surface area contributed by atoms with Gasteiger partial charge in [-0.2, -0.15) is 5.10 Å². The van der Waals surface area contributed by atoms with E-state index in [1.54, 1.807) is 10.7 Å². The second kappa shape index (κ2) is 7.36. The predicted octanol–water partition coefficient (Wildman–Crippen LogP) is 3.18. The van der Waals surface area contributed by atoms with Crippen LogP contribution in [-0.4, -0.2) is 27.7 Å². The van der Waals surface area contributed by atoms with E-state index >= 15 is 0 Å². The van der Waals surface area contributed by atoms with Gasteiger partial charge in [0, 0.05) is 35.3 Å². The van der Waals surface area contributed by atoms with Gasteiger partial charge in [0.1, 0.15) is 0 Å². The largest absolute Gasteiger partial charge is 0.388 e. The second-order valence-electron chi connectivity index (χ2n) is 5.54. The fourth-order valence-electron chi connectivity index (χ4n) is 2.46. The summed E-state index contributed by atoms with van der Waals surface area (Å²) >= 11 is 6.06. The van der Waals surface area contributed by atoms with Crippen LogP contribution < -0.4 is 11.1 Å². The Morgan fingerprint density at radius 1 is 1.20 bits per heavy atom. The van der Waals surface area contributed by atoms with E-state index in [9.17, 15) is 4.79 Å². The smallest absolute Gasteiger partial charge is 0.219 e. The first-order chi connectivity index (χ1) is 12.1. The molecule has 0 spiro atoms. The third-order valence-electron chi connectivity index (χ3n) is 3.76. The number of halogens is 1. The number of nitrogens with one attached hydrogen (secondary N) is 1. The number of hydrogen-bond donors (Lipinski definition) is 2. The van der Waals surface area contributed by atoms with Gasteiger partial charge in [0.25, 0.3) is 0 Å². The third kappa shape index (κ3) is 3.97. The fourth-order valence-corrected chi connectivity index (χ4v) is 2.65. The number of carbonyl (C=O) groups excluding carboxylic acids is 1. The number of carbonyl (C=O) groups is 1. The van der Waals surface area contributed by atoms with Crippen LogP contribution >= 0.6 is 11.6 Å². The highest BCUT2D eigenvalue weighted by Crippen LogP contribution is 2.25. The average molecular weight is 356 g/mol. The molecule has 0 unspecified atom stereocenters. The molecule has 3 N–H and O–H groups in total. The maximum atomic E-state index is 11.2. The highest BCUT2D eigenvalue weighted by Gasteiger charge is 2.14. The molecule has 25 heavy (non-hydrogen) atoms. The molecule has 0 aliphatic heterocycles. The molecule has 0 fully saturated rings. The van der Waals surface area contributed by atoms with E-state index < -0.39 is 0 Å². The summed E-state index contributed by atoms with van der Waals surface area (Å²) in [5.74, 6) is 0.856. The van der Waals surface area contributed by atoms with Gasteiger partial charge in [-0.15, -0.1) is 0 Å². The first-order valence-corrected chi connectivity index (χ1v) is 8.22. The molecule has 3 rings (SSSR count). The lowest BCUT2D eigenvalue weighted by molar-refractivity contribution is -0.118. The maximum Gasteiger partial charge on any atom is 0.219 e. The number of rotatable bonds is 6. The van der Waals surface area contributed by atoms with Crippen LogP contribution in [0.2, 0.25) is 5.02 Å². The van der Waals surface area contributed by atoms with Crippen molar-refractivity contribution in [2.45, 2.75) is 13.0 Å².